The highest BCUT2D eigenvalue weighted by Crippen LogP contribution is 2.17. The van der Waals surface area contributed by atoms with Crippen molar-refractivity contribution >= 4 is 45.1 Å². The zero-order valence-electron chi connectivity index (χ0n) is 12.2. The number of nitrogens with one attached hydrogen (secondary N) is 2. The first kappa shape index (κ1) is 15.7. The Balaban J connectivity index is 1.70. The molecule has 0 aliphatic rings. The lowest BCUT2D eigenvalue weighted by molar-refractivity contribution is -0.116. The van der Waals surface area contributed by atoms with Crippen molar-refractivity contribution < 1.29 is 4.79 Å². The van der Waals surface area contributed by atoms with E-state index in [1.165, 1.54) is 0 Å². The molecule has 0 aliphatic carbocycles. The van der Waals surface area contributed by atoms with Gasteiger partial charge in [-0.2, -0.15) is 0 Å². The molecule has 6 heteroatoms. The molecule has 0 aliphatic heterocycles. The number of anilines is 1. The highest BCUT2D eigenvalue weighted by Gasteiger charge is 2.08. The molecule has 2 N–H and O–H groups in total. The van der Waals surface area contributed by atoms with E-state index in [-0.39, 0.29) is 17.9 Å². The maximum absolute atomic E-state index is 12.1. The van der Waals surface area contributed by atoms with Gasteiger partial charge in [-0.1, -0.05) is 24.3 Å². The first-order valence-corrected chi connectivity index (χ1v) is 8.24. The average molecular weight is 419 g/mol. The number of fused-ring (bicyclic) bond motifs is 1. The molecule has 1 heterocycles. The Kier molecular flexibility index (Phi) is 4.71. The number of hydrogen-bond donors (Lipinski definition) is 2. The van der Waals surface area contributed by atoms with Gasteiger partial charge in [0.05, 0.1) is 16.6 Å². The largest absolute Gasteiger partial charge is 0.325 e. The van der Waals surface area contributed by atoms with Gasteiger partial charge in [0.15, 0.2) is 0 Å². The third-order valence-electron chi connectivity index (χ3n) is 3.40. The van der Waals surface area contributed by atoms with E-state index in [1.54, 1.807) is 18.2 Å². The van der Waals surface area contributed by atoms with E-state index in [9.17, 15) is 9.59 Å². The fourth-order valence-corrected chi connectivity index (χ4v) is 2.78. The van der Waals surface area contributed by atoms with Gasteiger partial charge in [0, 0.05) is 16.4 Å². The summed E-state index contributed by atoms with van der Waals surface area (Å²) in [7, 11) is 0. The number of amides is 1. The van der Waals surface area contributed by atoms with E-state index in [2.05, 4.69) is 37.9 Å². The van der Waals surface area contributed by atoms with Gasteiger partial charge in [-0.25, -0.2) is 4.98 Å². The second kappa shape index (κ2) is 6.91. The number of aromatic nitrogens is 2. The second-order valence-electron chi connectivity index (χ2n) is 5.06. The average Bonchev–Trinajstić information content (AvgIpc) is 2.55. The molecule has 0 bridgehead atoms. The predicted molar refractivity (Wildman–Crippen MR) is 98.5 cm³/mol. The van der Waals surface area contributed by atoms with Crippen molar-refractivity contribution in [3.63, 3.8) is 0 Å². The van der Waals surface area contributed by atoms with Crippen LogP contribution in [0, 0.1) is 3.57 Å². The van der Waals surface area contributed by atoms with Crippen molar-refractivity contribution in [1.29, 1.82) is 0 Å². The minimum absolute atomic E-state index is 0.107. The fourth-order valence-electron chi connectivity index (χ4n) is 2.26. The molecular formula is C17H14IN3O2. The first-order valence-electron chi connectivity index (χ1n) is 7.16. The maximum Gasteiger partial charge on any atom is 0.258 e. The van der Waals surface area contributed by atoms with Crippen molar-refractivity contribution in [2.24, 2.45) is 0 Å². The predicted octanol–water partition coefficient (Wildman–Crippen LogP) is 3.10. The van der Waals surface area contributed by atoms with Gasteiger partial charge in [-0.05, 0) is 46.9 Å². The first-order chi connectivity index (χ1) is 11.1. The number of rotatable bonds is 4. The molecule has 3 aromatic rings. The lowest BCUT2D eigenvalue weighted by Gasteiger charge is -2.07. The Bertz CT molecular complexity index is 921. The van der Waals surface area contributed by atoms with Gasteiger partial charge in [-0.15, -0.1) is 0 Å². The van der Waals surface area contributed by atoms with Crippen LogP contribution >= 0.6 is 22.6 Å². The van der Waals surface area contributed by atoms with Crippen LogP contribution in [0.4, 0.5) is 5.69 Å². The van der Waals surface area contributed by atoms with Crippen LogP contribution < -0.4 is 10.9 Å². The highest BCUT2D eigenvalue weighted by atomic mass is 127. The number of carbonyl (C=O) groups is 1. The monoisotopic (exact) mass is 419 g/mol. The van der Waals surface area contributed by atoms with E-state index < -0.39 is 0 Å². The molecule has 0 spiro atoms. The summed E-state index contributed by atoms with van der Waals surface area (Å²) in [6, 6.07) is 14.7. The zero-order valence-corrected chi connectivity index (χ0v) is 14.3. The molecule has 1 aromatic heterocycles. The van der Waals surface area contributed by atoms with Crippen LogP contribution in [0.3, 0.4) is 0 Å². The third kappa shape index (κ3) is 3.76. The molecule has 3 rings (SSSR count). The van der Waals surface area contributed by atoms with Gasteiger partial charge < -0.3 is 10.3 Å². The van der Waals surface area contributed by atoms with Crippen molar-refractivity contribution in [2.45, 2.75) is 12.8 Å². The standard InChI is InChI=1S/C17H14IN3O2/c18-12-6-2-4-8-14(12)20-16(22)10-9-15-19-13-7-3-1-5-11(13)17(23)21-15/h1-8H,9-10H2,(H,20,22)(H,19,21,23). The quantitative estimate of drug-likeness (QED) is 0.639. The third-order valence-corrected chi connectivity index (χ3v) is 4.34. The van der Waals surface area contributed by atoms with Crippen LogP contribution in [-0.4, -0.2) is 15.9 Å². The van der Waals surface area contributed by atoms with Crippen LogP contribution in [0.5, 0.6) is 0 Å². The number of H-pyrrole nitrogens is 1. The van der Waals surface area contributed by atoms with Gasteiger partial charge in [0.1, 0.15) is 5.82 Å². The summed E-state index contributed by atoms with van der Waals surface area (Å²) in [5, 5.41) is 3.42. The molecule has 1 amide bonds. The lowest BCUT2D eigenvalue weighted by atomic mass is 10.2. The summed E-state index contributed by atoms with van der Waals surface area (Å²) in [6.45, 7) is 0. The fraction of sp³-hybridized carbons (Fsp3) is 0.118. The highest BCUT2D eigenvalue weighted by molar-refractivity contribution is 14.1. The van der Waals surface area contributed by atoms with Crippen LogP contribution in [0.1, 0.15) is 12.2 Å². The summed E-state index contributed by atoms with van der Waals surface area (Å²) in [4.78, 5) is 31.2. The van der Waals surface area contributed by atoms with Crippen LogP contribution in [0.25, 0.3) is 10.9 Å². The molecule has 0 atom stereocenters. The second-order valence-corrected chi connectivity index (χ2v) is 6.22. The number of aryl methyl sites for hydroxylation is 1. The Morgan fingerprint density at radius 2 is 1.87 bits per heavy atom. The number of hydrogen-bond acceptors (Lipinski definition) is 3. The van der Waals surface area contributed by atoms with Gasteiger partial charge in [0.25, 0.3) is 5.56 Å². The zero-order chi connectivity index (χ0) is 16.2. The molecule has 0 saturated carbocycles. The summed E-state index contributed by atoms with van der Waals surface area (Å²) < 4.78 is 0.982. The van der Waals surface area contributed by atoms with Crippen molar-refractivity contribution in [2.75, 3.05) is 5.32 Å². The molecule has 116 valence electrons. The van der Waals surface area contributed by atoms with Gasteiger partial charge in [0.2, 0.25) is 5.91 Å². The molecule has 5 nitrogen and oxygen atoms in total. The SMILES string of the molecule is O=C(CCc1nc2ccccc2c(=O)[nH]1)Nc1ccccc1I. The molecule has 0 unspecified atom stereocenters. The Labute approximate surface area is 146 Å². The normalized spacial score (nSPS) is 10.7. The van der Waals surface area contributed by atoms with E-state index >= 15 is 0 Å². The van der Waals surface area contributed by atoms with E-state index in [0.29, 0.717) is 23.1 Å². The molecule has 23 heavy (non-hydrogen) atoms. The summed E-state index contributed by atoms with van der Waals surface area (Å²) in [5.41, 5.74) is 1.26. The topological polar surface area (TPSA) is 74.8 Å². The van der Waals surface area contributed by atoms with Crippen molar-refractivity contribution in [1.82, 2.24) is 9.97 Å². The van der Waals surface area contributed by atoms with Gasteiger partial charge in [-0.3, -0.25) is 9.59 Å². The van der Waals surface area contributed by atoms with Crippen molar-refractivity contribution in [3.05, 3.63) is 68.3 Å². The smallest absolute Gasteiger partial charge is 0.258 e. The lowest BCUT2D eigenvalue weighted by Crippen LogP contribution is -2.16. The number of halogens is 1. The van der Waals surface area contributed by atoms with Crippen molar-refractivity contribution in [3.8, 4) is 0 Å². The maximum atomic E-state index is 12.1. The summed E-state index contributed by atoms with van der Waals surface area (Å²) in [5.74, 6) is 0.413. The van der Waals surface area contributed by atoms with Crippen LogP contribution in [0.2, 0.25) is 0 Å². The Hall–Kier alpha value is -2.22. The number of nitrogens with zero attached hydrogens (tertiary/aromatic N) is 1. The minimum Gasteiger partial charge on any atom is -0.325 e. The summed E-state index contributed by atoms with van der Waals surface area (Å²) >= 11 is 2.17. The number of benzene rings is 2. The number of aromatic amines is 1. The molecule has 0 radical (unpaired) electrons. The molecule has 2 aromatic carbocycles. The Morgan fingerprint density at radius 3 is 2.70 bits per heavy atom. The van der Waals surface area contributed by atoms with E-state index in [0.717, 1.165) is 9.26 Å². The van der Waals surface area contributed by atoms with E-state index in [1.807, 2.05) is 30.3 Å². The Morgan fingerprint density at radius 1 is 1.13 bits per heavy atom. The van der Waals surface area contributed by atoms with Gasteiger partial charge >= 0.3 is 0 Å². The molecule has 0 fully saturated rings. The van der Waals surface area contributed by atoms with E-state index in [4.69, 9.17) is 0 Å². The number of para-hydroxylation sites is 2. The minimum atomic E-state index is -0.177. The molecule has 0 saturated heterocycles. The van der Waals surface area contributed by atoms with Crippen LogP contribution in [0.15, 0.2) is 53.3 Å². The van der Waals surface area contributed by atoms with Crippen LogP contribution in [-0.2, 0) is 11.2 Å². The number of carbonyl (C=O) groups excluding carboxylic acids is 1. The summed E-state index contributed by atoms with van der Waals surface area (Å²) in [6.07, 6.45) is 0.640. The molecular weight excluding hydrogens is 405 g/mol.